The van der Waals surface area contributed by atoms with Gasteiger partial charge in [0.2, 0.25) is 5.95 Å². The van der Waals surface area contributed by atoms with Crippen molar-refractivity contribution in [3.05, 3.63) is 50.9 Å². The maximum Gasteiger partial charge on any atom is 0.212 e. The first-order valence-corrected chi connectivity index (χ1v) is 7.65. The molecule has 0 aliphatic carbocycles. The molecule has 0 atom stereocenters. The van der Waals surface area contributed by atoms with E-state index in [9.17, 15) is 4.39 Å². The van der Waals surface area contributed by atoms with E-state index in [1.165, 1.54) is 12.3 Å². The van der Waals surface area contributed by atoms with E-state index in [0.717, 1.165) is 25.9 Å². The average Bonchev–Trinajstić information content (AvgIpc) is 2.42. The molecule has 0 saturated heterocycles. The average molecular weight is 404 g/mol. The van der Waals surface area contributed by atoms with E-state index in [-0.39, 0.29) is 0 Å². The number of nitrogens with one attached hydrogen (secondary N) is 1. The van der Waals surface area contributed by atoms with E-state index in [1.54, 1.807) is 6.07 Å². The molecule has 2 rings (SSSR count). The number of aromatic nitrogens is 1. The zero-order valence-electron chi connectivity index (χ0n) is 10.8. The van der Waals surface area contributed by atoms with Crippen molar-refractivity contribution < 1.29 is 9.13 Å². The van der Waals surface area contributed by atoms with E-state index in [1.807, 2.05) is 19.1 Å². The minimum Gasteiger partial charge on any atom is -0.492 e. The smallest absolute Gasteiger partial charge is 0.212 e. The highest BCUT2D eigenvalue weighted by molar-refractivity contribution is 9.11. The SMILES string of the molecule is CCOc1c(Br)cc(CNc2ccc(F)nc2)cc1Br. The third-order valence-corrected chi connectivity index (χ3v) is 3.75. The summed E-state index contributed by atoms with van der Waals surface area (Å²) in [5.74, 6) is 0.307. The summed E-state index contributed by atoms with van der Waals surface area (Å²) in [6, 6.07) is 6.95. The second kappa shape index (κ2) is 7.04. The van der Waals surface area contributed by atoms with E-state index in [4.69, 9.17) is 4.74 Å². The summed E-state index contributed by atoms with van der Waals surface area (Å²) in [5.41, 5.74) is 1.84. The van der Waals surface area contributed by atoms with Crippen LogP contribution in [0.25, 0.3) is 0 Å². The molecule has 1 heterocycles. The Morgan fingerprint density at radius 3 is 2.50 bits per heavy atom. The zero-order chi connectivity index (χ0) is 14.5. The Labute approximate surface area is 133 Å². The van der Waals surface area contributed by atoms with Gasteiger partial charge in [0, 0.05) is 6.54 Å². The molecule has 6 heteroatoms. The Kier molecular flexibility index (Phi) is 5.37. The lowest BCUT2D eigenvalue weighted by Gasteiger charge is -2.12. The van der Waals surface area contributed by atoms with E-state index < -0.39 is 5.95 Å². The Hall–Kier alpha value is -1.14. The van der Waals surface area contributed by atoms with Gasteiger partial charge in [-0.2, -0.15) is 4.39 Å². The molecule has 0 bridgehead atoms. The molecule has 0 fully saturated rings. The number of ether oxygens (including phenoxy) is 1. The fraction of sp³-hybridized carbons (Fsp3) is 0.214. The molecule has 2 aromatic rings. The molecular formula is C14H13Br2FN2O. The van der Waals surface area contributed by atoms with Crippen LogP contribution in [-0.4, -0.2) is 11.6 Å². The summed E-state index contributed by atoms with van der Waals surface area (Å²) >= 11 is 6.98. The molecule has 1 aromatic heterocycles. The first-order valence-electron chi connectivity index (χ1n) is 6.06. The van der Waals surface area contributed by atoms with Crippen LogP contribution in [0.3, 0.4) is 0 Å². The van der Waals surface area contributed by atoms with Gasteiger partial charge in [-0.3, -0.25) is 0 Å². The van der Waals surface area contributed by atoms with Crippen molar-refractivity contribution in [2.24, 2.45) is 0 Å². The Morgan fingerprint density at radius 2 is 1.95 bits per heavy atom. The Balaban J connectivity index is 2.08. The second-order valence-corrected chi connectivity index (χ2v) is 5.75. The summed E-state index contributed by atoms with van der Waals surface area (Å²) in [6.45, 7) is 3.16. The number of benzene rings is 1. The molecule has 0 amide bonds. The van der Waals surface area contributed by atoms with Crippen molar-refractivity contribution in [3.8, 4) is 5.75 Å². The van der Waals surface area contributed by atoms with Crippen molar-refractivity contribution >= 4 is 37.5 Å². The van der Waals surface area contributed by atoms with Crippen molar-refractivity contribution in [2.45, 2.75) is 13.5 Å². The standard InChI is InChI=1S/C14H13Br2FN2O/c1-2-20-14-11(15)5-9(6-12(14)16)7-18-10-3-4-13(17)19-8-10/h3-6,8,18H,2,7H2,1H3. The van der Waals surface area contributed by atoms with Crippen LogP contribution in [0, 0.1) is 5.95 Å². The molecular weight excluding hydrogens is 391 g/mol. The van der Waals surface area contributed by atoms with Crippen LogP contribution < -0.4 is 10.1 Å². The number of pyridine rings is 1. The lowest BCUT2D eigenvalue weighted by atomic mass is 10.2. The third kappa shape index (κ3) is 3.93. The topological polar surface area (TPSA) is 34.1 Å². The summed E-state index contributed by atoms with van der Waals surface area (Å²) < 4.78 is 20.0. The van der Waals surface area contributed by atoms with Gasteiger partial charge in [-0.25, -0.2) is 4.98 Å². The second-order valence-electron chi connectivity index (χ2n) is 4.04. The largest absolute Gasteiger partial charge is 0.492 e. The number of nitrogens with zero attached hydrogens (tertiary/aromatic N) is 1. The first-order chi connectivity index (χ1) is 9.60. The van der Waals surface area contributed by atoms with Crippen LogP contribution in [0.1, 0.15) is 12.5 Å². The monoisotopic (exact) mass is 402 g/mol. The summed E-state index contributed by atoms with van der Waals surface area (Å²) in [4.78, 5) is 3.60. The maximum absolute atomic E-state index is 12.7. The van der Waals surface area contributed by atoms with Crippen molar-refractivity contribution in [1.29, 1.82) is 0 Å². The fourth-order valence-corrected chi connectivity index (χ4v) is 3.19. The van der Waals surface area contributed by atoms with E-state index in [2.05, 4.69) is 42.2 Å². The van der Waals surface area contributed by atoms with Gasteiger partial charge in [-0.15, -0.1) is 0 Å². The van der Waals surface area contributed by atoms with Crippen LogP contribution in [0.15, 0.2) is 39.4 Å². The molecule has 0 aliphatic heterocycles. The van der Waals surface area contributed by atoms with Crippen molar-refractivity contribution in [3.63, 3.8) is 0 Å². The lowest BCUT2D eigenvalue weighted by Crippen LogP contribution is -2.01. The molecule has 3 nitrogen and oxygen atoms in total. The van der Waals surface area contributed by atoms with Gasteiger partial charge in [0.1, 0.15) is 5.75 Å². The maximum atomic E-state index is 12.7. The number of anilines is 1. The minimum atomic E-state index is -0.484. The quantitative estimate of drug-likeness (QED) is 0.731. The van der Waals surface area contributed by atoms with Crippen LogP contribution in [0.2, 0.25) is 0 Å². The third-order valence-electron chi connectivity index (χ3n) is 2.57. The highest BCUT2D eigenvalue weighted by Crippen LogP contribution is 2.34. The van der Waals surface area contributed by atoms with E-state index in [0.29, 0.717) is 13.2 Å². The molecule has 0 aliphatic rings. The zero-order valence-corrected chi connectivity index (χ0v) is 14.0. The van der Waals surface area contributed by atoms with Crippen molar-refractivity contribution in [2.75, 3.05) is 11.9 Å². The van der Waals surface area contributed by atoms with Crippen LogP contribution >= 0.6 is 31.9 Å². The van der Waals surface area contributed by atoms with E-state index >= 15 is 0 Å². The molecule has 20 heavy (non-hydrogen) atoms. The fourth-order valence-electron chi connectivity index (χ4n) is 1.68. The van der Waals surface area contributed by atoms with Gasteiger partial charge in [0.05, 0.1) is 27.4 Å². The van der Waals surface area contributed by atoms with Crippen LogP contribution in [-0.2, 0) is 6.54 Å². The van der Waals surface area contributed by atoms with Gasteiger partial charge in [0.25, 0.3) is 0 Å². The predicted octanol–water partition coefficient (Wildman–Crippen LogP) is 4.76. The summed E-state index contributed by atoms with van der Waals surface area (Å²) in [6.07, 6.45) is 1.47. The highest BCUT2D eigenvalue weighted by atomic mass is 79.9. The number of hydrogen-bond acceptors (Lipinski definition) is 3. The number of rotatable bonds is 5. The van der Waals surface area contributed by atoms with Gasteiger partial charge >= 0.3 is 0 Å². The van der Waals surface area contributed by atoms with Crippen LogP contribution in [0.5, 0.6) is 5.75 Å². The highest BCUT2D eigenvalue weighted by Gasteiger charge is 2.08. The summed E-state index contributed by atoms with van der Waals surface area (Å²) in [7, 11) is 0. The molecule has 0 saturated carbocycles. The molecule has 1 N–H and O–H groups in total. The Bertz CT molecular complexity index is 567. The predicted molar refractivity (Wildman–Crippen MR) is 84.5 cm³/mol. The molecule has 0 unspecified atom stereocenters. The Morgan fingerprint density at radius 1 is 1.25 bits per heavy atom. The summed E-state index contributed by atoms with van der Waals surface area (Å²) in [5, 5.41) is 3.18. The first kappa shape index (κ1) is 15.3. The van der Waals surface area contributed by atoms with Gasteiger partial charge < -0.3 is 10.1 Å². The van der Waals surface area contributed by atoms with Crippen molar-refractivity contribution in [1.82, 2.24) is 4.98 Å². The molecule has 106 valence electrons. The molecule has 1 aromatic carbocycles. The molecule has 0 spiro atoms. The van der Waals surface area contributed by atoms with Gasteiger partial charge in [-0.1, -0.05) is 0 Å². The van der Waals surface area contributed by atoms with Gasteiger partial charge in [0.15, 0.2) is 0 Å². The number of halogens is 3. The van der Waals surface area contributed by atoms with Gasteiger partial charge in [-0.05, 0) is 68.6 Å². The lowest BCUT2D eigenvalue weighted by molar-refractivity contribution is 0.336. The number of hydrogen-bond donors (Lipinski definition) is 1. The van der Waals surface area contributed by atoms with Crippen LogP contribution in [0.4, 0.5) is 10.1 Å². The molecule has 0 radical (unpaired) electrons. The minimum absolute atomic E-state index is 0.484. The normalized spacial score (nSPS) is 10.4.